The van der Waals surface area contributed by atoms with E-state index in [2.05, 4.69) is 5.32 Å². The normalized spacial score (nSPS) is 17.5. The number of hydrogen-bond donors (Lipinski definition) is 2. The van der Waals surface area contributed by atoms with Crippen LogP contribution in [-0.2, 0) is 0 Å². The molecule has 17 heavy (non-hydrogen) atoms. The molecule has 0 atom stereocenters. The van der Waals surface area contributed by atoms with Crippen molar-refractivity contribution in [2.45, 2.75) is 12.5 Å². The first-order valence-corrected chi connectivity index (χ1v) is 5.17. The van der Waals surface area contributed by atoms with Gasteiger partial charge < -0.3 is 16.0 Å². The third-order valence-electron chi connectivity index (χ3n) is 2.56. The predicted octanol–water partition coefficient (Wildman–Crippen LogP) is 1.53. The topological polar surface area (TPSA) is 58.4 Å². The molecule has 0 bridgehead atoms. The minimum atomic E-state index is -0.797. The molecule has 0 saturated carbocycles. The number of nitrogens with zero attached hydrogens (tertiary/aromatic N) is 1. The fraction of sp³-hybridized carbons (Fsp3) is 0.364. The first kappa shape index (κ1) is 11.8. The number of carbonyl (C=O) groups is 1. The van der Waals surface area contributed by atoms with E-state index in [-0.39, 0.29) is 11.2 Å². The minimum absolute atomic E-state index is 0.0398. The highest BCUT2D eigenvalue weighted by molar-refractivity contribution is 5.90. The molecule has 92 valence electrons. The van der Waals surface area contributed by atoms with E-state index in [1.54, 1.807) is 0 Å². The summed E-state index contributed by atoms with van der Waals surface area (Å²) in [6.45, 7) is 2.67. The molecule has 0 unspecified atom stereocenters. The van der Waals surface area contributed by atoms with Crippen LogP contribution < -0.4 is 11.1 Å². The predicted molar refractivity (Wildman–Crippen MR) is 59.5 cm³/mol. The summed E-state index contributed by atoms with van der Waals surface area (Å²) >= 11 is 0. The van der Waals surface area contributed by atoms with Crippen LogP contribution in [0.25, 0.3) is 0 Å². The van der Waals surface area contributed by atoms with Gasteiger partial charge in [0.15, 0.2) is 0 Å². The van der Waals surface area contributed by atoms with Gasteiger partial charge in [-0.25, -0.2) is 13.6 Å². The summed E-state index contributed by atoms with van der Waals surface area (Å²) in [6, 6.07) is 2.56. The number of benzene rings is 1. The second-order valence-electron chi connectivity index (χ2n) is 4.56. The van der Waals surface area contributed by atoms with Crippen LogP contribution in [0.5, 0.6) is 0 Å². The highest BCUT2D eigenvalue weighted by Crippen LogP contribution is 2.20. The molecular weight excluding hydrogens is 228 g/mol. The maximum absolute atomic E-state index is 13.3. The van der Waals surface area contributed by atoms with Gasteiger partial charge in [0.2, 0.25) is 0 Å². The van der Waals surface area contributed by atoms with Crippen LogP contribution in [-0.4, -0.2) is 29.6 Å². The molecule has 0 aromatic heterocycles. The Morgan fingerprint density at radius 1 is 1.47 bits per heavy atom. The van der Waals surface area contributed by atoms with E-state index < -0.39 is 17.7 Å². The van der Waals surface area contributed by atoms with Crippen molar-refractivity contribution in [3.63, 3.8) is 0 Å². The fourth-order valence-corrected chi connectivity index (χ4v) is 1.75. The quantitative estimate of drug-likeness (QED) is 0.783. The second kappa shape index (κ2) is 3.96. The molecule has 1 aliphatic rings. The van der Waals surface area contributed by atoms with Crippen molar-refractivity contribution in [1.82, 2.24) is 4.90 Å². The number of nitrogens with one attached hydrogen (secondary N) is 1. The van der Waals surface area contributed by atoms with Gasteiger partial charge >= 0.3 is 6.03 Å². The number of carbonyl (C=O) groups excluding carboxylic acids is 1. The highest BCUT2D eigenvalue weighted by Gasteiger charge is 2.37. The van der Waals surface area contributed by atoms with Gasteiger partial charge in [0.25, 0.3) is 0 Å². The van der Waals surface area contributed by atoms with Gasteiger partial charge in [-0.05, 0) is 19.1 Å². The SMILES string of the molecule is CC1(N)CN(C(=O)Nc2ccc(F)cc2F)C1. The van der Waals surface area contributed by atoms with E-state index in [9.17, 15) is 13.6 Å². The maximum atomic E-state index is 13.3. The molecule has 0 spiro atoms. The summed E-state index contributed by atoms with van der Waals surface area (Å²) in [6.07, 6.45) is 0. The van der Waals surface area contributed by atoms with E-state index >= 15 is 0 Å². The summed E-state index contributed by atoms with van der Waals surface area (Å²) in [4.78, 5) is 13.1. The van der Waals surface area contributed by atoms with Gasteiger partial charge in [-0.15, -0.1) is 0 Å². The molecule has 1 aromatic carbocycles. The zero-order chi connectivity index (χ0) is 12.6. The van der Waals surface area contributed by atoms with Crippen molar-refractivity contribution in [2.75, 3.05) is 18.4 Å². The monoisotopic (exact) mass is 241 g/mol. The van der Waals surface area contributed by atoms with Crippen molar-refractivity contribution in [3.8, 4) is 0 Å². The Kier molecular flexibility index (Phi) is 2.74. The van der Waals surface area contributed by atoms with Crippen LogP contribution in [0.2, 0.25) is 0 Å². The summed E-state index contributed by atoms with van der Waals surface area (Å²) in [5.74, 6) is -1.48. The molecule has 1 aliphatic heterocycles. The van der Waals surface area contributed by atoms with Crippen LogP contribution >= 0.6 is 0 Å². The van der Waals surface area contributed by atoms with Gasteiger partial charge in [-0.2, -0.15) is 0 Å². The van der Waals surface area contributed by atoms with Crippen LogP contribution in [0.15, 0.2) is 18.2 Å². The lowest BCUT2D eigenvalue weighted by Crippen LogP contribution is -2.67. The third-order valence-corrected chi connectivity index (χ3v) is 2.56. The molecule has 2 amide bonds. The Morgan fingerprint density at radius 2 is 2.12 bits per heavy atom. The molecule has 6 heteroatoms. The first-order chi connectivity index (χ1) is 7.87. The van der Waals surface area contributed by atoms with Crippen molar-refractivity contribution in [2.24, 2.45) is 5.73 Å². The summed E-state index contributed by atoms with van der Waals surface area (Å²) in [5.41, 5.74) is 5.33. The number of urea groups is 1. The summed E-state index contributed by atoms with van der Waals surface area (Å²) in [5, 5.41) is 2.37. The lowest BCUT2D eigenvalue weighted by atomic mass is 9.94. The second-order valence-corrected chi connectivity index (χ2v) is 4.56. The van der Waals surface area contributed by atoms with Gasteiger partial charge in [-0.3, -0.25) is 0 Å². The molecule has 2 rings (SSSR count). The zero-order valence-electron chi connectivity index (χ0n) is 9.34. The average molecular weight is 241 g/mol. The number of nitrogens with two attached hydrogens (primary N) is 1. The van der Waals surface area contributed by atoms with Crippen molar-refractivity contribution in [3.05, 3.63) is 29.8 Å². The lowest BCUT2D eigenvalue weighted by molar-refractivity contribution is 0.117. The Morgan fingerprint density at radius 3 is 2.65 bits per heavy atom. The number of halogens is 2. The number of amides is 2. The molecule has 0 radical (unpaired) electrons. The van der Waals surface area contributed by atoms with Crippen molar-refractivity contribution < 1.29 is 13.6 Å². The van der Waals surface area contributed by atoms with Crippen molar-refractivity contribution >= 4 is 11.7 Å². The van der Waals surface area contributed by atoms with Crippen LogP contribution in [0, 0.1) is 11.6 Å². The summed E-state index contributed by atoms with van der Waals surface area (Å²) in [7, 11) is 0. The van der Waals surface area contributed by atoms with E-state index in [1.165, 1.54) is 11.0 Å². The standard InChI is InChI=1S/C11H13F2N3O/c1-11(14)5-16(6-11)10(17)15-9-3-2-7(12)4-8(9)13/h2-4H,5-6,14H2,1H3,(H,15,17). The van der Waals surface area contributed by atoms with Crippen LogP contribution in [0.1, 0.15) is 6.92 Å². The van der Waals surface area contributed by atoms with Crippen molar-refractivity contribution in [1.29, 1.82) is 0 Å². The zero-order valence-corrected chi connectivity index (χ0v) is 9.34. The van der Waals surface area contributed by atoms with E-state index in [1.807, 2.05) is 6.92 Å². The van der Waals surface area contributed by atoms with Gasteiger partial charge in [0.05, 0.1) is 5.69 Å². The van der Waals surface area contributed by atoms with Crippen LogP contribution in [0.3, 0.4) is 0 Å². The Labute approximate surface area is 97.4 Å². The molecule has 4 nitrogen and oxygen atoms in total. The molecular formula is C11H13F2N3O. The third kappa shape index (κ3) is 2.52. The average Bonchev–Trinajstić information content (AvgIpc) is 2.18. The summed E-state index contributed by atoms with van der Waals surface area (Å²) < 4.78 is 25.9. The smallest absolute Gasteiger partial charge is 0.322 e. The molecule has 1 fully saturated rings. The van der Waals surface area contributed by atoms with Gasteiger partial charge in [0.1, 0.15) is 11.6 Å². The van der Waals surface area contributed by atoms with Gasteiger partial charge in [0, 0.05) is 24.7 Å². The molecule has 0 aliphatic carbocycles. The van der Waals surface area contributed by atoms with Gasteiger partial charge in [-0.1, -0.05) is 0 Å². The lowest BCUT2D eigenvalue weighted by Gasteiger charge is -2.45. The first-order valence-electron chi connectivity index (χ1n) is 5.17. The van der Waals surface area contributed by atoms with Crippen LogP contribution in [0.4, 0.5) is 19.3 Å². The Hall–Kier alpha value is -1.69. The number of rotatable bonds is 1. The minimum Gasteiger partial charge on any atom is -0.322 e. The fourth-order valence-electron chi connectivity index (χ4n) is 1.75. The van der Waals surface area contributed by atoms with E-state index in [0.29, 0.717) is 13.1 Å². The maximum Gasteiger partial charge on any atom is 0.322 e. The van der Waals surface area contributed by atoms with E-state index in [4.69, 9.17) is 5.73 Å². The molecule has 1 saturated heterocycles. The number of hydrogen-bond acceptors (Lipinski definition) is 2. The molecule has 1 heterocycles. The largest absolute Gasteiger partial charge is 0.322 e. The molecule has 3 N–H and O–H groups in total. The Bertz CT molecular complexity index is 454. The number of anilines is 1. The highest BCUT2D eigenvalue weighted by atomic mass is 19.1. The van der Waals surface area contributed by atoms with E-state index in [0.717, 1.165) is 12.1 Å². The Balaban J connectivity index is 2.00. The molecule has 1 aromatic rings. The number of likely N-dealkylation sites (tertiary alicyclic amines) is 1.